The third-order valence-corrected chi connectivity index (χ3v) is 3.45. The first kappa shape index (κ1) is 15.2. The summed E-state index contributed by atoms with van der Waals surface area (Å²) in [4.78, 5) is 11.1. The molecule has 0 aliphatic heterocycles. The Morgan fingerprint density at radius 3 is 2.83 bits per heavy atom. The van der Waals surface area contributed by atoms with Gasteiger partial charge >= 0.3 is 0 Å². The second kappa shape index (κ2) is 9.15. The molecule has 0 saturated heterocycles. The van der Waals surface area contributed by atoms with E-state index in [1.54, 1.807) is 0 Å². The summed E-state index contributed by atoms with van der Waals surface area (Å²) in [7, 11) is 0. The first-order valence-electron chi connectivity index (χ1n) is 6.55. The minimum Gasteiger partial charge on any atom is -0.494 e. The molecule has 1 aromatic rings. The highest BCUT2D eigenvalue weighted by atomic mass is 79.9. The molecule has 0 radical (unpaired) electrons. The molecule has 100 valence electrons. The molecule has 0 N–H and O–H groups in total. The maximum Gasteiger partial charge on any atom is 0.143 e. The topological polar surface area (TPSA) is 26.3 Å². The minimum atomic E-state index is 0.284. The maximum atomic E-state index is 11.1. The zero-order valence-electron chi connectivity index (χ0n) is 11.0. The van der Waals surface area contributed by atoms with E-state index in [0.717, 1.165) is 38.0 Å². The van der Waals surface area contributed by atoms with E-state index in [0.29, 0.717) is 11.8 Å². The van der Waals surface area contributed by atoms with Gasteiger partial charge in [0.05, 0.1) is 11.9 Å². The predicted octanol–water partition coefficient (Wildman–Crippen LogP) is 4.15. The van der Waals surface area contributed by atoms with Crippen LogP contribution in [0.15, 0.2) is 24.3 Å². The lowest BCUT2D eigenvalue weighted by Crippen LogP contribution is -2.00. The second-order valence-corrected chi connectivity index (χ2v) is 4.89. The summed E-state index contributed by atoms with van der Waals surface area (Å²) in [6.07, 6.45) is 4.73. The molecule has 0 spiro atoms. The van der Waals surface area contributed by atoms with Gasteiger partial charge in [-0.2, -0.15) is 0 Å². The summed E-state index contributed by atoms with van der Waals surface area (Å²) >= 11 is 3.17. The molecule has 0 aromatic heterocycles. The smallest absolute Gasteiger partial charge is 0.143 e. The number of hydrogen-bond donors (Lipinski definition) is 0. The van der Waals surface area contributed by atoms with Gasteiger partial charge in [-0.05, 0) is 43.4 Å². The lowest BCUT2D eigenvalue weighted by atomic mass is 10.1. The van der Waals surface area contributed by atoms with E-state index >= 15 is 0 Å². The fourth-order valence-electron chi connectivity index (χ4n) is 1.71. The molecule has 1 aromatic carbocycles. The van der Waals surface area contributed by atoms with Crippen molar-refractivity contribution in [1.82, 2.24) is 0 Å². The van der Waals surface area contributed by atoms with Gasteiger partial charge in [0, 0.05) is 6.42 Å². The summed E-state index contributed by atoms with van der Waals surface area (Å²) in [6.45, 7) is 2.87. The average molecular weight is 313 g/mol. The molecule has 3 heteroatoms. The van der Waals surface area contributed by atoms with E-state index in [9.17, 15) is 4.79 Å². The normalized spacial score (nSPS) is 10.3. The molecule has 0 fully saturated rings. The summed E-state index contributed by atoms with van der Waals surface area (Å²) < 4.78 is 5.69. The summed E-state index contributed by atoms with van der Waals surface area (Å²) in [6, 6.07) is 8.23. The molecule has 0 aliphatic rings. The van der Waals surface area contributed by atoms with Crippen molar-refractivity contribution in [2.75, 3.05) is 11.9 Å². The van der Waals surface area contributed by atoms with Crippen molar-refractivity contribution in [2.24, 2.45) is 0 Å². The zero-order valence-corrected chi connectivity index (χ0v) is 12.5. The van der Waals surface area contributed by atoms with Gasteiger partial charge in [-0.3, -0.25) is 4.79 Å². The summed E-state index contributed by atoms with van der Waals surface area (Å²) in [5.74, 6) is 1.23. The van der Waals surface area contributed by atoms with Crippen LogP contribution < -0.4 is 4.74 Å². The third kappa shape index (κ3) is 6.20. The molecule has 0 saturated carbocycles. The Bertz CT molecular complexity index is 363. The molecular formula is C15H21BrO2. The number of halogens is 1. The van der Waals surface area contributed by atoms with Gasteiger partial charge in [0.2, 0.25) is 0 Å². The number of rotatable bonds is 9. The number of unbranched alkanes of at least 4 members (excludes halogenated alkanes) is 2. The van der Waals surface area contributed by atoms with Crippen molar-refractivity contribution < 1.29 is 9.53 Å². The number of benzene rings is 1. The third-order valence-electron chi connectivity index (χ3n) is 2.82. The largest absolute Gasteiger partial charge is 0.494 e. The van der Waals surface area contributed by atoms with Crippen LogP contribution in [0.1, 0.15) is 38.2 Å². The molecule has 0 bridgehead atoms. The maximum absolute atomic E-state index is 11.1. The van der Waals surface area contributed by atoms with Crippen molar-refractivity contribution in [1.29, 1.82) is 0 Å². The van der Waals surface area contributed by atoms with Crippen LogP contribution in [0.3, 0.4) is 0 Å². The lowest BCUT2D eigenvalue weighted by molar-refractivity contribution is -0.116. The fraction of sp³-hybridized carbons (Fsp3) is 0.533. The Kier molecular flexibility index (Phi) is 7.74. The van der Waals surface area contributed by atoms with Crippen LogP contribution in [-0.4, -0.2) is 17.7 Å². The first-order valence-corrected chi connectivity index (χ1v) is 7.67. The van der Waals surface area contributed by atoms with Crippen molar-refractivity contribution in [3.8, 4) is 5.75 Å². The average Bonchev–Trinajstić information content (AvgIpc) is 2.42. The molecule has 0 aliphatic carbocycles. The number of alkyl halides is 1. The van der Waals surface area contributed by atoms with Crippen molar-refractivity contribution >= 4 is 21.7 Å². The zero-order chi connectivity index (χ0) is 13.2. The molecule has 18 heavy (non-hydrogen) atoms. The second-order valence-electron chi connectivity index (χ2n) is 4.33. The standard InChI is InChI=1S/C15H21BrO2/c1-2-13-7-6-9-15(11-13)18-10-5-3-4-8-14(17)12-16/h6-7,9,11H,2-5,8,10,12H2,1H3. The number of ketones is 1. The van der Waals surface area contributed by atoms with Crippen LogP contribution in [0, 0.1) is 0 Å². The number of carbonyl (C=O) groups is 1. The summed E-state index contributed by atoms with van der Waals surface area (Å²) in [5, 5.41) is 0.479. The highest BCUT2D eigenvalue weighted by molar-refractivity contribution is 9.09. The van der Waals surface area contributed by atoms with Crippen LogP contribution in [0.25, 0.3) is 0 Å². The summed E-state index contributed by atoms with van der Waals surface area (Å²) in [5.41, 5.74) is 1.30. The Hall–Kier alpha value is -0.830. The predicted molar refractivity (Wildman–Crippen MR) is 78.6 cm³/mol. The molecule has 0 amide bonds. The van der Waals surface area contributed by atoms with E-state index in [-0.39, 0.29) is 5.78 Å². The Balaban J connectivity index is 2.12. The number of carbonyl (C=O) groups excluding carboxylic acids is 1. The van der Waals surface area contributed by atoms with Crippen LogP contribution in [0.5, 0.6) is 5.75 Å². The molecule has 2 nitrogen and oxygen atoms in total. The van der Waals surface area contributed by atoms with Gasteiger partial charge in [0.15, 0.2) is 0 Å². The Morgan fingerprint density at radius 1 is 1.28 bits per heavy atom. The number of hydrogen-bond acceptors (Lipinski definition) is 2. The van der Waals surface area contributed by atoms with Crippen molar-refractivity contribution in [2.45, 2.75) is 39.0 Å². The molecular weight excluding hydrogens is 292 g/mol. The highest BCUT2D eigenvalue weighted by Crippen LogP contribution is 2.14. The first-order chi connectivity index (χ1) is 8.76. The Morgan fingerprint density at radius 2 is 2.11 bits per heavy atom. The molecule has 0 heterocycles. The quantitative estimate of drug-likeness (QED) is 0.505. The van der Waals surface area contributed by atoms with Gasteiger partial charge in [0.1, 0.15) is 11.5 Å². The van der Waals surface area contributed by atoms with E-state index in [2.05, 4.69) is 35.0 Å². The highest BCUT2D eigenvalue weighted by Gasteiger charge is 1.99. The van der Waals surface area contributed by atoms with Crippen molar-refractivity contribution in [3.63, 3.8) is 0 Å². The van der Waals surface area contributed by atoms with Gasteiger partial charge in [-0.15, -0.1) is 0 Å². The number of aryl methyl sites for hydroxylation is 1. The van der Waals surface area contributed by atoms with Gasteiger partial charge in [0.25, 0.3) is 0 Å². The van der Waals surface area contributed by atoms with Crippen molar-refractivity contribution in [3.05, 3.63) is 29.8 Å². The number of Topliss-reactive ketones (excluding diaryl/α,β-unsaturated/α-hetero) is 1. The van der Waals surface area contributed by atoms with Gasteiger partial charge in [-0.1, -0.05) is 35.0 Å². The fourth-order valence-corrected chi connectivity index (χ4v) is 1.99. The monoisotopic (exact) mass is 312 g/mol. The van der Waals surface area contributed by atoms with E-state index < -0.39 is 0 Å². The van der Waals surface area contributed by atoms with Crippen LogP contribution in [-0.2, 0) is 11.2 Å². The minimum absolute atomic E-state index is 0.284. The lowest BCUT2D eigenvalue weighted by Gasteiger charge is -2.07. The van der Waals surface area contributed by atoms with Gasteiger partial charge < -0.3 is 4.74 Å². The van der Waals surface area contributed by atoms with Crippen LogP contribution >= 0.6 is 15.9 Å². The van der Waals surface area contributed by atoms with Crippen LogP contribution in [0.2, 0.25) is 0 Å². The van der Waals surface area contributed by atoms with E-state index in [1.165, 1.54) is 5.56 Å². The van der Waals surface area contributed by atoms with Gasteiger partial charge in [-0.25, -0.2) is 0 Å². The van der Waals surface area contributed by atoms with E-state index in [1.807, 2.05) is 12.1 Å². The number of ether oxygens (including phenoxy) is 1. The molecule has 0 unspecified atom stereocenters. The molecule has 1 rings (SSSR count). The van der Waals surface area contributed by atoms with Crippen LogP contribution in [0.4, 0.5) is 0 Å². The SMILES string of the molecule is CCc1cccc(OCCCCCC(=O)CBr)c1. The van der Waals surface area contributed by atoms with E-state index in [4.69, 9.17) is 4.74 Å². The Labute approximate surface area is 118 Å². The molecule has 0 atom stereocenters.